The number of ether oxygens (including phenoxy) is 2. The molecule has 0 bridgehead atoms. The minimum atomic E-state index is -0.0517. The zero-order valence-electron chi connectivity index (χ0n) is 19.7. The van der Waals surface area contributed by atoms with Crippen molar-refractivity contribution >= 4 is 28.2 Å². The minimum Gasteiger partial charge on any atom is -0.497 e. The van der Waals surface area contributed by atoms with Crippen LogP contribution in [0.5, 0.6) is 5.75 Å². The Hall–Kier alpha value is -3.97. The number of fused-ring (bicyclic) bond motifs is 1. The van der Waals surface area contributed by atoms with Crippen molar-refractivity contribution in [3.63, 3.8) is 0 Å². The molecule has 1 aliphatic heterocycles. The molecule has 1 amide bonds. The number of carbonyl (C=O) groups is 1. The molecule has 1 saturated heterocycles. The van der Waals surface area contributed by atoms with Crippen LogP contribution in [0.25, 0.3) is 10.8 Å². The maximum Gasteiger partial charge on any atom is 0.257 e. The largest absolute Gasteiger partial charge is 0.497 e. The lowest BCUT2D eigenvalue weighted by Gasteiger charge is -2.25. The summed E-state index contributed by atoms with van der Waals surface area (Å²) in [5.74, 6) is 1.43. The number of pyridine rings is 2. The monoisotopic (exact) mass is 468 g/mol. The Kier molecular flexibility index (Phi) is 6.86. The molecule has 5 rings (SSSR count). The van der Waals surface area contributed by atoms with Crippen molar-refractivity contribution < 1.29 is 14.3 Å². The zero-order chi connectivity index (χ0) is 24.0. The first kappa shape index (κ1) is 22.8. The number of methoxy groups -OCH3 is 1. The van der Waals surface area contributed by atoms with Gasteiger partial charge in [-0.25, -0.2) is 4.98 Å². The van der Waals surface area contributed by atoms with E-state index in [0.717, 1.165) is 23.2 Å². The van der Waals surface area contributed by atoms with Gasteiger partial charge in [0.2, 0.25) is 0 Å². The molecule has 2 aromatic heterocycles. The smallest absolute Gasteiger partial charge is 0.257 e. The van der Waals surface area contributed by atoms with Gasteiger partial charge in [-0.1, -0.05) is 18.2 Å². The lowest BCUT2D eigenvalue weighted by molar-refractivity contribution is 0.0738. The number of nitrogens with zero attached hydrogens (tertiary/aromatic N) is 3. The van der Waals surface area contributed by atoms with Crippen molar-refractivity contribution in [1.82, 2.24) is 14.9 Å². The van der Waals surface area contributed by atoms with Gasteiger partial charge in [0.05, 0.1) is 25.9 Å². The van der Waals surface area contributed by atoms with E-state index in [2.05, 4.69) is 33.5 Å². The number of carbonyl (C=O) groups excluding carboxylic acids is 1. The maximum atomic E-state index is 13.6. The van der Waals surface area contributed by atoms with E-state index < -0.39 is 0 Å². The summed E-state index contributed by atoms with van der Waals surface area (Å²) < 4.78 is 11.1. The molecule has 1 atom stereocenters. The zero-order valence-corrected chi connectivity index (χ0v) is 19.7. The topological polar surface area (TPSA) is 76.6 Å². The molecule has 35 heavy (non-hydrogen) atoms. The van der Waals surface area contributed by atoms with Gasteiger partial charge in [-0.15, -0.1) is 0 Å². The third-order valence-corrected chi connectivity index (χ3v) is 6.30. The van der Waals surface area contributed by atoms with Crippen LogP contribution in [0.1, 0.15) is 15.9 Å². The SMILES string of the molecule is COc1ccc(Nc2ncccc2C(=O)N2CCOC[C@H](Cc3cccc4ccncc34)C2)cc1. The second-order valence-corrected chi connectivity index (χ2v) is 8.66. The average molecular weight is 469 g/mol. The van der Waals surface area contributed by atoms with E-state index in [4.69, 9.17) is 9.47 Å². The first-order chi connectivity index (χ1) is 17.2. The van der Waals surface area contributed by atoms with E-state index in [1.165, 1.54) is 10.9 Å². The summed E-state index contributed by atoms with van der Waals surface area (Å²) in [5, 5.41) is 5.60. The summed E-state index contributed by atoms with van der Waals surface area (Å²) in [7, 11) is 1.63. The van der Waals surface area contributed by atoms with Crippen LogP contribution in [-0.2, 0) is 11.2 Å². The summed E-state index contributed by atoms with van der Waals surface area (Å²) in [6.07, 6.45) is 6.23. The fraction of sp³-hybridized carbons (Fsp3) is 0.250. The number of hydrogen-bond acceptors (Lipinski definition) is 6. The molecule has 0 saturated carbocycles. The standard InChI is InChI=1S/C28H28N4O3/c1-34-24-9-7-23(8-10-24)31-27-25(6-3-12-30-27)28(33)32-14-15-35-19-20(18-32)16-22-5-2-4-21-11-13-29-17-26(21)22/h2-13,17,20H,14-16,18-19H2,1H3,(H,30,31)/t20-/m1/s1. The number of aromatic nitrogens is 2. The first-order valence-corrected chi connectivity index (χ1v) is 11.8. The molecule has 7 nitrogen and oxygen atoms in total. The van der Waals surface area contributed by atoms with Crippen LogP contribution in [0.15, 0.2) is 79.3 Å². The van der Waals surface area contributed by atoms with Gasteiger partial charge in [0.1, 0.15) is 11.6 Å². The molecule has 178 valence electrons. The number of amides is 1. The van der Waals surface area contributed by atoms with E-state index in [9.17, 15) is 4.79 Å². The highest BCUT2D eigenvalue weighted by molar-refractivity contribution is 5.99. The molecule has 0 aliphatic carbocycles. The fourth-order valence-corrected chi connectivity index (χ4v) is 4.51. The van der Waals surface area contributed by atoms with Gasteiger partial charge >= 0.3 is 0 Å². The quantitative estimate of drug-likeness (QED) is 0.442. The average Bonchev–Trinajstić information content (AvgIpc) is 3.15. The van der Waals surface area contributed by atoms with Crippen LogP contribution in [-0.4, -0.2) is 54.2 Å². The van der Waals surface area contributed by atoms with Crippen LogP contribution in [0, 0.1) is 5.92 Å². The van der Waals surface area contributed by atoms with E-state index in [1.807, 2.05) is 53.7 Å². The Morgan fingerprint density at radius 3 is 2.86 bits per heavy atom. The number of benzene rings is 2. The van der Waals surface area contributed by atoms with Gasteiger partial charge in [0, 0.05) is 48.7 Å². The van der Waals surface area contributed by atoms with Gasteiger partial charge in [-0.2, -0.15) is 0 Å². The Morgan fingerprint density at radius 2 is 2.00 bits per heavy atom. The highest BCUT2D eigenvalue weighted by Gasteiger charge is 2.26. The lowest BCUT2D eigenvalue weighted by Crippen LogP contribution is -2.36. The van der Waals surface area contributed by atoms with Crippen LogP contribution >= 0.6 is 0 Å². The van der Waals surface area contributed by atoms with Crippen LogP contribution < -0.4 is 10.1 Å². The van der Waals surface area contributed by atoms with E-state index >= 15 is 0 Å². The number of hydrogen-bond donors (Lipinski definition) is 1. The van der Waals surface area contributed by atoms with Crippen molar-refractivity contribution in [1.29, 1.82) is 0 Å². The summed E-state index contributed by atoms with van der Waals surface area (Å²) >= 11 is 0. The van der Waals surface area contributed by atoms with E-state index in [-0.39, 0.29) is 11.8 Å². The highest BCUT2D eigenvalue weighted by Crippen LogP contribution is 2.25. The van der Waals surface area contributed by atoms with Gasteiger partial charge < -0.3 is 19.7 Å². The molecule has 0 spiro atoms. The lowest BCUT2D eigenvalue weighted by atomic mass is 9.95. The Balaban J connectivity index is 1.34. The van der Waals surface area contributed by atoms with Crippen molar-refractivity contribution in [3.8, 4) is 5.75 Å². The summed E-state index contributed by atoms with van der Waals surface area (Å²) in [6, 6.07) is 19.5. The minimum absolute atomic E-state index is 0.0517. The number of nitrogens with one attached hydrogen (secondary N) is 1. The fourth-order valence-electron chi connectivity index (χ4n) is 4.51. The van der Waals surface area contributed by atoms with Gasteiger partial charge in [0.15, 0.2) is 0 Å². The van der Waals surface area contributed by atoms with Crippen LogP contribution in [0.4, 0.5) is 11.5 Å². The van der Waals surface area contributed by atoms with Gasteiger partial charge in [-0.05, 0) is 59.8 Å². The molecule has 1 N–H and O–H groups in total. The first-order valence-electron chi connectivity index (χ1n) is 11.8. The second kappa shape index (κ2) is 10.5. The predicted molar refractivity (Wildman–Crippen MR) is 136 cm³/mol. The number of rotatable bonds is 6. The Morgan fingerprint density at radius 1 is 1.11 bits per heavy atom. The molecule has 1 fully saturated rings. The molecule has 1 aliphatic rings. The second-order valence-electron chi connectivity index (χ2n) is 8.66. The molecular weight excluding hydrogens is 440 g/mol. The van der Waals surface area contributed by atoms with Crippen molar-refractivity contribution in [3.05, 3.63) is 90.4 Å². The third kappa shape index (κ3) is 5.25. The van der Waals surface area contributed by atoms with Crippen molar-refractivity contribution in [2.45, 2.75) is 6.42 Å². The van der Waals surface area contributed by atoms with Crippen LogP contribution in [0.3, 0.4) is 0 Å². The van der Waals surface area contributed by atoms with Crippen molar-refractivity contribution in [2.75, 3.05) is 38.7 Å². The van der Waals surface area contributed by atoms with E-state index in [1.54, 1.807) is 19.4 Å². The summed E-state index contributed by atoms with van der Waals surface area (Å²) in [4.78, 5) is 24.3. The van der Waals surface area contributed by atoms with E-state index in [0.29, 0.717) is 37.7 Å². The molecular formula is C28H28N4O3. The molecule has 0 unspecified atom stereocenters. The molecule has 4 aromatic rings. The summed E-state index contributed by atoms with van der Waals surface area (Å²) in [5.41, 5.74) is 2.60. The normalized spacial score (nSPS) is 16.0. The third-order valence-electron chi connectivity index (χ3n) is 6.30. The Bertz CT molecular complexity index is 1300. The molecule has 3 heterocycles. The maximum absolute atomic E-state index is 13.6. The molecule has 2 aromatic carbocycles. The number of anilines is 2. The summed E-state index contributed by atoms with van der Waals surface area (Å²) in [6.45, 7) is 2.29. The van der Waals surface area contributed by atoms with Gasteiger partial charge in [0.25, 0.3) is 5.91 Å². The predicted octanol–water partition coefficient (Wildman–Crippen LogP) is 4.71. The molecule has 7 heteroatoms. The molecule has 0 radical (unpaired) electrons. The van der Waals surface area contributed by atoms with Crippen LogP contribution in [0.2, 0.25) is 0 Å². The Labute approximate surface area is 204 Å². The van der Waals surface area contributed by atoms with Gasteiger partial charge in [-0.3, -0.25) is 9.78 Å². The highest BCUT2D eigenvalue weighted by atomic mass is 16.5. The van der Waals surface area contributed by atoms with Crippen molar-refractivity contribution in [2.24, 2.45) is 5.92 Å².